The van der Waals surface area contributed by atoms with Crippen molar-refractivity contribution in [2.24, 2.45) is 0 Å². The quantitative estimate of drug-likeness (QED) is 0.533. The number of carbonyl (C=O) groups excluding carboxylic acids is 1. The molecule has 0 radical (unpaired) electrons. The van der Waals surface area contributed by atoms with Crippen molar-refractivity contribution in [3.63, 3.8) is 0 Å². The maximum Gasteiger partial charge on any atom is 0.387 e. The summed E-state index contributed by atoms with van der Waals surface area (Å²) in [5, 5.41) is 0. The molecule has 0 spiro atoms. The molecule has 0 amide bonds. The summed E-state index contributed by atoms with van der Waals surface area (Å²) in [5.41, 5.74) is 2.53. The van der Waals surface area contributed by atoms with Crippen molar-refractivity contribution in [1.82, 2.24) is 0 Å². The number of rotatable bonds is 6. The molecule has 2 aromatic rings. The molecule has 0 atom stereocenters. The van der Waals surface area contributed by atoms with Crippen LogP contribution in [0.2, 0.25) is 0 Å². The van der Waals surface area contributed by atoms with Gasteiger partial charge in [0, 0.05) is 5.56 Å². The number of ketones is 1. The summed E-state index contributed by atoms with van der Waals surface area (Å²) < 4.78 is 28.4. The molecule has 0 bridgehead atoms. The zero-order valence-electron chi connectivity index (χ0n) is 13.0. The van der Waals surface area contributed by atoms with Gasteiger partial charge in [0.1, 0.15) is 5.75 Å². The number of hydrogen-bond acceptors (Lipinski definition) is 2. The Bertz CT molecular complexity index is 672. The van der Waals surface area contributed by atoms with Gasteiger partial charge in [-0.3, -0.25) is 4.79 Å². The second-order valence-electron chi connectivity index (χ2n) is 5.42. The van der Waals surface area contributed by atoms with Crippen LogP contribution in [0.5, 0.6) is 5.75 Å². The summed E-state index contributed by atoms with van der Waals surface area (Å²) in [5.74, 6) is 0.407. The molecular weight excluding hydrogens is 298 g/mol. The van der Waals surface area contributed by atoms with Gasteiger partial charge in [-0.25, -0.2) is 0 Å². The lowest BCUT2D eigenvalue weighted by atomic mass is 10.0. The van der Waals surface area contributed by atoms with E-state index in [4.69, 9.17) is 0 Å². The molecular formula is C19H18F2O2. The third-order valence-corrected chi connectivity index (χ3v) is 3.39. The molecule has 0 saturated carbocycles. The number of halogens is 2. The molecule has 0 aliphatic heterocycles. The van der Waals surface area contributed by atoms with E-state index in [0.717, 1.165) is 5.56 Å². The summed E-state index contributed by atoms with van der Waals surface area (Å²) in [7, 11) is 0. The molecule has 2 nitrogen and oxygen atoms in total. The van der Waals surface area contributed by atoms with Crippen LogP contribution in [0.4, 0.5) is 8.78 Å². The topological polar surface area (TPSA) is 26.3 Å². The van der Waals surface area contributed by atoms with Crippen LogP contribution in [0.25, 0.3) is 6.08 Å². The van der Waals surface area contributed by atoms with E-state index >= 15 is 0 Å². The van der Waals surface area contributed by atoms with Crippen molar-refractivity contribution in [3.8, 4) is 5.75 Å². The van der Waals surface area contributed by atoms with Gasteiger partial charge in [0.05, 0.1) is 0 Å². The Labute approximate surface area is 134 Å². The van der Waals surface area contributed by atoms with Gasteiger partial charge in [-0.15, -0.1) is 0 Å². The van der Waals surface area contributed by atoms with Crippen LogP contribution in [0.3, 0.4) is 0 Å². The molecule has 0 aliphatic rings. The van der Waals surface area contributed by atoms with Gasteiger partial charge in [-0.1, -0.05) is 56.3 Å². The zero-order chi connectivity index (χ0) is 16.8. The van der Waals surface area contributed by atoms with Gasteiger partial charge >= 0.3 is 6.61 Å². The van der Waals surface area contributed by atoms with E-state index < -0.39 is 6.61 Å². The van der Waals surface area contributed by atoms with Gasteiger partial charge in [0.25, 0.3) is 0 Å². The smallest absolute Gasteiger partial charge is 0.387 e. The number of hydrogen-bond donors (Lipinski definition) is 0. The number of benzene rings is 2. The van der Waals surface area contributed by atoms with E-state index in [9.17, 15) is 13.6 Å². The van der Waals surface area contributed by atoms with E-state index in [1.54, 1.807) is 18.2 Å². The lowest BCUT2D eigenvalue weighted by molar-refractivity contribution is -0.0498. The molecule has 23 heavy (non-hydrogen) atoms. The lowest BCUT2D eigenvalue weighted by Crippen LogP contribution is -2.01. The van der Waals surface area contributed by atoms with Gasteiger partial charge in [-0.05, 0) is 35.3 Å². The second kappa shape index (κ2) is 7.68. The van der Waals surface area contributed by atoms with Crippen LogP contribution >= 0.6 is 0 Å². The fourth-order valence-corrected chi connectivity index (χ4v) is 2.06. The summed E-state index contributed by atoms with van der Waals surface area (Å²) in [4.78, 5) is 12.1. The summed E-state index contributed by atoms with van der Waals surface area (Å²) in [6, 6.07) is 13.6. The molecule has 0 fully saturated rings. The third-order valence-electron chi connectivity index (χ3n) is 3.39. The van der Waals surface area contributed by atoms with Gasteiger partial charge in [0.2, 0.25) is 0 Å². The predicted molar refractivity (Wildman–Crippen MR) is 87.0 cm³/mol. The normalized spacial score (nSPS) is 11.4. The average molecular weight is 316 g/mol. The first-order valence-electron chi connectivity index (χ1n) is 7.33. The fourth-order valence-electron chi connectivity index (χ4n) is 2.06. The Balaban J connectivity index is 2.02. The van der Waals surface area contributed by atoms with Crippen LogP contribution in [0.15, 0.2) is 54.6 Å². The predicted octanol–water partition coefficient (Wildman–Crippen LogP) is 5.31. The minimum Gasteiger partial charge on any atom is -0.435 e. The molecule has 0 unspecified atom stereocenters. The largest absolute Gasteiger partial charge is 0.435 e. The van der Waals surface area contributed by atoms with Crippen LogP contribution in [0, 0.1) is 0 Å². The highest BCUT2D eigenvalue weighted by Gasteiger charge is 2.05. The molecule has 0 saturated heterocycles. The van der Waals surface area contributed by atoms with Crippen LogP contribution in [0.1, 0.15) is 41.3 Å². The highest BCUT2D eigenvalue weighted by Crippen LogP contribution is 2.17. The molecule has 2 aromatic carbocycles. The molecule has 4 heteroatoms. The first-order chi connectivity index (χ1) is 11.0. The number of carbonyl (C=O) groups is 1. The van der Waals surface area contributed by atoms with E-state index in [1.165, 1.54) is 23.8 Å². The van der Waals surface area contributed by atoms with Crippen LogP contribution in [-0.2, 0) is 0 Å². The van der Waals surface area contributed by atoms with Crippen molar-refractivity contribution in [2.75, 3.05) is 0 Å². The number of alkyl halides is 2. The fraction of sp³-hybridized carbons (Fsp3) is 0.211. The minimum atomic E-state index is -2.84. The minimum absolute atomic E-state index is 0.0905. The van der Waals surface area contributed by atoms with E-state index in [-0.39, 0.29) is 11.5 Å². The van der Waals surface area contributed by atoms with Crippen molar-refractivity contribution in [2.45, 2.75) is 26.4 Å². The summed E-state index contributed by atoms with van der Waals surface area (Å²) in [6.45, 7) is 1.35. The van der Waals surface area contributed by atoms with Gasteiger partial charge in [-0.2, -0.15) is 8.78 Å². The zero-order valence-corrected chi connectivity index (χ0v) is 13.0. The SMILES string of the molecule is CC(C)c1ccc(C(=O)/C=C/c2ccc(OC(F)F)cc2)cc1. The van der Waals surface area contributed by atoms with Crippen molar-refractivity contribution in [3.05, 3.63) is 71.3 Å². The molecule has 2 rings (SSSR count). The first kappa shape index (κ1) is 16.9. The Kier molecular flexibility index (Phi) is 5.63. The maximum atomic E-state index is 12.1. The van der Waals surface area contributed by atoms with Crippen molar-refractivity contribution < 1.29 is 18.3 Å². The molecule has 0 aliphatic carbocycles. The van der Waals surface area contributed by atoms with E-state index in [0.29, 0.717) is 11.5 Å². The highest BCUT2D eigenvalue weighted by atomic mass is 19.3. The lowest BCUT2D eigenvalue weighted by Gasteiger charge is -2.05. The van der Waals surface area contributed by atoms with Crippen molar-refractivity contribution in [1.29, 1.82) is 0 Å². The summed E-state index contributed by atoms with van der Waals surface area (Å²) in [6.07, 6.45) is 3.11. The summed E-state index contributed by atoms with van der Waals surface area (Å²) >= 11 is 0. The average Bonchev–Trinajstić information content (AvgIpc) is 2.53. The Morgan fingerprint density at radius 2 is 1.61 bits per heavy atom. The monoisotopic (exact) mass is 316 g/mol. The van der Waals surface area contributed by atoms with Crippen molar-refractivity contribution >= 4 is 11.9 Å². The Morgan fingerprint density at radius 3 is 2.13 bits per heavy atom. The number of ether oxygens (including phenoxy) is 1. The second-order valence-corrected chi connectivity index (χ2v) is 5.42. The molecule has 0 N–H and O–H groups in total. The number of allylic oxidation sites excluding steroid dienone is 1. The Hall–Kier alpha value is -2.49. The Morgan fingerprint density at radius 1 is 1.00 bits per heavy atom. The van der Waals surface area contributed by atoms with Crippen LogP contribution < -0.4 is 4.74 Å². The third kappa shape index (κ3) is 5.02. The molecule has 0 heterocycles. The van der Waals surface area contributed by atoms with Gasteiger partial charge < -0.3 is 4.74 Å². The van der Waals surface area contributed by atoms with E-state index in [2.05, 4.69) is 18.6 Å². The highest BCUT2D eigenvalue weighted by molar-refractivity contribution is 6.06. The molecule has 120 valence electrons. The molecule has 0 aromatic heterocycles. The van der Waals surface area contributed by atoms with Gasteiger partial charge in [0.15, 0.2) is 5.78 Å². The first-order valence-corrected chi connectivity index (χ1v) is 7.33. The maximum absolute atomic E-state index is 12.1. The van der Waals surface area contributed by atoms with E-state index in [1.807, 2.05) is 24.3 Å². The van der Waals surface area contributed by atoms with Crippen LogP contribution in [-0.4, -0.2) is 12.4 Å². The standard InChI is InChI=1S/C19H18F2O2/c1-13(2)15-6-8-16(9-7-15)18(22)12-5-14-3-10-17(11-4-14)23-19(20)21/h3-13,19H,1-2H3/b12-5+.